The minimum atomic E-state index is -0.390. The summed E-state index contributed by atoms with van der Waals surface area (Å²) in [5.74, 6) is 1.42. The molecule has 0 aliphatic heterocycles. The van der Waals surface area contributed by atoms with Crippen LogP contribution in [-0.2, 0) is 0 Å². The number of aliphatic hydroxyl groups is 1. The second-order valence-electron chi connectivity index (χ2n) is 7.16. The molecule has 1 fully saturated rings. The molecule has 2 nitrogen and oxygen atoms in total. The first-order chi connectivity index (χ1) is 9.31. The zero-order chi connectivity index (χ0) is 14.9. The third-order valence-electron chi connectivity index (χ3n) is 4.62. The number of ether oxygens (including phenoxy) is 1. The Hall–Kier alpha value is -1.02. The summed E-state index contributed by atoms with van der Waals surface area (Å²) in [6.07, 6.45) is 2.66. The summed E-state index contributed by atoms with van der Waals surface area (Å²) >= 11 is 0. The predicted octanol–water partition coefficient (Wildman–Crippen LogP) is 4.44. The molecular weight excluding hydrogens is 248 g/mol. The van der Waals surface area contributed by atoms with E-state index in [1.807, 2.05) is 0 Å². The van der Waals surface area contributed by atoms with Gasteiger partial charge in [-0.05, 0) is 54.7 Å². The van der Waals surface area contributed by atoms with Gasteiger partial charge in [-0.1, -0.05) is 39.8 Å². The number of rotatable bonds is 3. The van der Waals surface area contributed by atoms with Crippen molar-refractivity contribution in [3.05, 3.63) is 29.3 Å². The summed E-state index contributed by atoms with van der Waals surface area (Å²) in [6, 6.07) is 6.41. The van der Waals surface area contributed by atoms with Crippen LogP contribution in [-0.4, -0.2) is 17.3 Å². The third kappa shape index (κ3) is 3.17. The van der Waals surface area contributed by atoms with Crippen LogP contribution in [0.25, 0.3) is 0 Å². The lowest BCUT2D eigenvalue weighted by Gasteiger charge is -2.40. The third-order valence-corrected chi connectivity index (χ3v) is 4.62. The van der Waals surface area contributed by atoms with Crippen molar-refractivity contribution in [2.75, 3.05) is 0 Å². The zero-order valence-electron chi connectivity index (χ0n) is 13.4. The van der Waals surface area contributed by atoms with E-state index in [2.05, 4.69) is 52.8 Å². The van der Waals surface area contributed by atoms with Crippen LogP contribution >= 0.6 is 0 Å². The van der Waals surface area contributed by atoms with Crippen molar-refractivity contribution in [2.45, 2.75) is 72.0 Å². The largest absolute Gasteiger partial charge is 0.487 e. The Kier molecular flexibility index (Phi) is 4.43. The molecule has 112 valence electrons. The molecular formula is C18H28O2. The van der Waals surface area contributed by atoms with E-state index in [9.17, 15) is 5.11 Å². The molecule has 2 rings (SSSR count). The molecule has 20 heavy (non-hydrogen) atoms. The molecule has 1 aliphatic rings. The maximum Gasteiger partial charge on any atom is 0.125 e. The van der Waals surface area contributed by atoms with Gasteiger partial charge < -0.3 is 9.84 Å². The molecule has 2 unspecified atom stereocenters. The normalized spacial score (nSPS) is 25.8. The van der Waals surface area contributed by atoms with Crippen LogP contribution in [0.3, 0.4) is 0 Å². The highest BCUT2D eigenvalue weighted by atomic mass is 16.5. The minimum absolute atomic E-state index is 0.0491. The summed E-state index contributed by atoms with van der Waals surface area (Å²) in [5, 5.41) is 10.5. The summed E-state index contributed by atoms with van der Waals surface area (Å²) in [4.78, 5) is 0. The van der Waals surface area contributed by atoms with Gasteiger partial charge in [-0.25, -0.2) is 0 Å². The van der Waals surface area contributed by atoms with Crippen molar-refractivity contribution in [3.8, 4) is 5.75 Å². The quantitative estimate of drug-likeness (QED) is 0.884. The number of benzene rings is 1. The molecule has 1 aromatic carbocycles. The second-order valence-corrected chi connectivity index (χ2v) is 7.16. The Morgan fingerprint density at radius 1 is 1.30 bits per heavy atom. The van der Waals surface area contributed by atoms with Gasteiger partial charge in [0.15, 0.2) is 0 Å². The molecule has 0 aromatic heterocycles. The van der Waals surface area contributed by atoms with E-state index in [-0.39, 0.29) is 11.5 Å². The molecule has 0 bridgehead atoms. The van der Waals surface area contributed by atoms with E-state index in [4.69, 9.17) is 4.74 Å². The number of aliphatic hydroxyl groups excluding tert-OH is 1. The zero-order valence-corrected chi connectivity index (χ0v) is 13.4. The van der Waals surface area contributed by atoms with Crippen molar-refractivity contribution in [2.24, 2.45) is 5.41 Å². The first-order valence-electron chi connectivity index (χ1n) is 7.76. The first kappa shape index (κ1) is 15.4. The fraction of sp³-hybridized carbons (Fsp3) is 0.667. The highest BCUT2D eigenvalue weighted by Gasteiger charge is 2.39. The topological polar surface area (TPSA) is 29.5 Å². The van der Waals surface area contributed by atoms with Crippen LogP contribution in [0.5, 0.6) is 5.75 Å². The average molecular weight is 276 g/mol. The van der Waals surface area contributed by atoms with Crippen LogP contribution < -0.4 is 4.74 Å². The summed E-state index contributed by atoms with van der Waals surface area (Å²) < 4.78 is 6.17. The van der Waals surface area contributed by atoms with Gasteiger partial charge in [-0.15, -0.1) is 0 Å². The van der Waals surface area contributed by atoms with Gasteiger partial charge in [0.25, 0.3) is 0 Å². The molecule has 2 heteroatoms. The summed E-state index contributed by atoms with van der Waals surface area (Å²) in [7, 11) is 0. The molecule has 0 spiro atoms. The molecule has 1 aromatic rings. The molecule has 1 N–H and O–H groups in total. The second kappa shape index (κ2) is 5.77. The van der Waals surface area contributed by atoms with Crippen molar-refractivity contribution in [1.82, 2.24) is 0 Å². The van der Waals surface area contributed by atoms with Crippen molar-refractivity contribution in [1.29, 1.82) is 0 Å². The maximum atomic E-state index is 10.5. The number of hydrogen-bond acceptors (Lipinski definition) is 2. The Labute approximate surface area is 123 Å². The summed E-state index contributed by atoms with van der Waals surface area (Å²) in [6.45, 7) is 10.7. The van der Waals surface area contributed by atoms with Gasteiger partial charge in [0.2, 0.25) is 0 Å². The van der Waals surface area contributed by atoms with Crippen LogP contribution in [0.15, 0.2) is 18.2 Å². The first-order valence-corrected chi connectivity index (χ1v) is 7.76. The molecule has 0 saturated heterocycles. The van der Waals surface area contributed by atoms with E-state index in [1.54, 1.807) is 0 Å². The highest BCUT2D eigenvalue weighted by Crippen LogP contribution is 2.38. The van der Waals surface area contributed by atoms with Crippen molar-refractivity contribution < 1.29 is 9.84 Å². The predicted molar refractivity (Wildman–Crippen MR) is 83.3 cm³/mol. The Balaban J connectivity index is 2.19. The van der Waals surface area contributed by atoms with Crippen molar-refractivity contribution >= 4 is 0 Å². The van der Waals surface area contributed by atoms with E-state index >= 15 is 0 Å². The fourth-order valence-corrected chi connectivity index (χ4v) is 2.96. The van der Waals surface area contributed by atoms with Crippen LogP contribution in [0, 0.1) is 12.3 Å². The molecule has 0 amide bonds. The lowest BCUT2D eigenvalue weighted by atomic mass is 9.73. The monoisotopic (exact) mass is 276 g/mol. The Bertz CT molecular complexity index is 462. The van der Waals surface area contributed by atoms with E-state index in [0.29, 0.717) is 5.92 Å². The SMILES string of the molecule is Cc1ccc(C(C)C)cc1OC1CCCC(C)(C)C1O. The minimum Gasteiger partial charge on any atom is -0.487 e. The van der Waals surface area contributed by atoms with Gasteiger partial charge in [-0.2, -0.15) is 0 Å². The van der Waals surface area contributed by atoms with Crippen LogP contribution in [0.4, 0.5) is 0 Å². The standard InChI is InChI=1S/C18H28O2/c1-12(2)14-9-8-13(3)16(11-14)20-15-7-6-10-18(4,5)17(15)19/h8-9,11-12,15,17,19H,6-7,10H2,1-5H3. The Morgan fingerprint density at radius 2 is 2.00 bits per heavy atom. The van der Waals surface area contributed by atoms with E-state index in [1.165, 1.54) is 5.56 Å². The van der Waals surface area contributed by atoms with Crippen LogP contribution in [0.1, 0.15) is 64.0 Å². The maximum absolute atomic E-state index is 10.5. The van der Waals surface area contributed by atoms with E-state index in [0.717, 1.165) is 30.6 Å². The molecule has 0 heterocycles. The fourth-order valence-electron chi connectivity index (χ4n) is 2.96. The Morgan fingerprint density at radius 3 is 2.65 bits per heavy atom. The van der Waals surface area contributed by atoms with E-state index < -0.39 is 6.10 Å². The van der Waals surface area contributed by atoms with Gasteiger partial charge in [0, 0.05) is 0 Å². The van der Waals surface area contributed by atoms with Crippen LogP contribution in [0.2, 0.25) is 0 Å². The van der Waals surface area contributed by atoms with Gasteiger partial charge in [0.05, 0.1) is 6.10 Å². The lowest BCUT2D eigenvalue weighted by molar-refractivity contribution is -0.0691. The molecule has 2 atom stereocenters. The van der Waals surface area contributed by atoms with Crippen molar-refractivity contribution in [3.63, 3.8) is 0 Å². The van der Waals surface area contributed by atoms with Gasteiger partial charge in [0.1, 0.15) is 11.9 Å². The summed E-state index contributed by atoms with van der Waals surface area (Å²) in [5.41, 5.74) is 2.38. The number of aryl methyl sites for hydroxylation is 1. The average Bonchev–Trinajstić information content (AvgIpc) is 2.37. The highest BCUT2D eigenvalue weighted by molar-refractivity contribution is 5.38. The molecule has 1 saturated carbocycles. The number of hydrogen-bond donors (Lipinski definition) is 1. The lowest BCUT2D eigenvalue weighted by Crippen LogP contribution is -2.46. The van der Waals surface area contributed by atoms with Gasteiger partial charge >= 0.3 is 0 Å². The van der Waals surface area contributed by atoms with Gasteiger partial charge in [-0.3, -0.25) is 0 Å². The molecule has 0 radical (unpaired) electrons. The molecule has 1 aliphatic carbocycles. The smallest absolute Gasteiger partial charge is 0.125 e.